The molecule has 1 amide bonds. The number of nitrogens with two attached hydrogens (primary N) is 1. The molecule has 0 bridgehead atoms. The van der Waals surface area contributed by atoms with Crippen LogP contribution in [-0.2, 0) is 16.6 Å². The van der Waals surface area contributed by atoms with Gasteiger partial charge in [0.05, 0.1) is 18.4 Å². The Labute approximate surface area is 125 Å². The van der Waals surface area contributed by atoms with Gasteiger partial charge in [0.2, 0.25) is 5.91 Å². The monoisotopic (exact) mass is 308 g/mol. The number of carbonyl (C=O) groups is 2. The molecule has 7 nitrogen and oxygen atoms in total. The largest absolute Gasteiger partial charge is 0.462 e. The van der Waals surface area contributed by atoms with E-state index in [0.717, 1.165) is 0 Å². The first-order chi connectivity index (χ1) is 10.0. The lowest BCUT2D eigenvalue weighted by atomic mass is 10.1. The minimum atomic E-state index is -0.851. The van der Waals surface area contributed by atoms with Gasteiger partial charge in [-0.3, -0.25) is 9.48 Å². The van der Waals surface area contributed by atoms with Crippen LogP contribution in [0.4, 0.5) is 5.00 Å². The van der Waals surface area contributed by atoms with Gasteiger partial charge in [-0.05, 0) is 18.4 Å². The number of nitrogens with zero attached hydrogens (tertiary/aromatic N) is 2. The van der Waals surface area contributed by atoms with Gasteiger partial charge < -0.3 is 15.8 Å². The van der Waals surface area contributed by atoms with E-state index < -0.39 is 17.9 Å². The van der Waals surface area contributed by atoms with Gasteiger partial charge in [-0.1, -0.05) is 0 Å². The number of aromatic nitrogens is 2. The van der Waals surface area contributed by atoms with Crippen LogP contribution in [0.15, 0.2) is 23.8 Å². The zero-order valence-electron chi connectivity index (χ0n) is 11.7. The highest BCUT2D eigenvalue weighted by atomic mass is 32.1. The maximum atomic E-state index is 12.1. The summed E-state index contributed by atoms with van der Waals surface area (Å²) in [6.45, 7) is 2.00. The van der Waals surface area contributed by atoms with Crippen molar-refractivity contribution < 1.29 is 14.3 Å². The lowest BCUT2D eigenvalue weighted by Gasteiger charge is -2.10. The van der Waals surface area contributed by atoms with E-state index in [1.165, 1.54) is 17.5 Å². The Hall–Kier alpha value is -2.19. The van der Waals surface area contributed by atoms with Crippen molar-refractivity contribution in [2.75, 3.05) is 11.9 Å². The van der Waals surface area contributed by atoms with Crippen LogP contribution in [0.3, 0.4) is 0 Å². The molecule has 0 radical (unpaired) electrons. The molecule has 0 aromatic carbocycles. The molecular weight excluding hydrogens is 292 g/mol. The molecule has 0 saturated heterocycles. The van der Waals surface area contributed by atoms with Crippen LogP contribution in [0.2, 0.25) is 0 Å². The van der Waals surface area contributed by atoms with Crippen LogP contribution in [0, 0.1) is 0 Å². The quantitative estimate of drug-likeness (QED) is 0.811. The van der Waals surface area contributed by atoms with E-state index in [2.05, 4.69) is 10.4 Å². The topological polar surface area (TPSA) is 99.2 Å². The molecule has 0 fully saturated rings. The molecule has 0 aliphatic carbocycles. The molecule has 8 heteroatoms. The maximum absolute atomic E-state index is 12.1. The van der Waals surface area contributed by atoms with Crippen molar-refractivity contribution in [3.05, 3.63) is 35.0 Å². The molecule has 1 atom stereocenters. The summed E-state index contributed by atoms with van der Waals surface area (Å²) < 4.78 is 6.50. The molecule has 2 heterocycles. The predicted molar refractivity (Wildman–Crippen MR) is 79.0 cm³/mol. The van der Waals surface area contributed by atoms with Crippen LogP contribution < -0.4 is 11.1 Å². The first-order valence-corrected chi connectivity index (χ1v) is 7.20. The number of ether oxygens (including phenoxy) is 1. The molecule has 2 aromatic heterocycles. The van der Waals surface area contributed by atoms with Gasteiger partial charge in [0.1, 0.15) is 11.0 Å². The third kappa shape index (κ3) is 3.47. The van der Waals surface area contributed by atoms with Gasteiger partial charge >= 0.3 is 5.97 Å². The maximum Gasteiger partial charge on any atom is 0.341 e. The summed E-state index contributed by atoms with van der Waals surface area (Å²) in [7, 11) is 1.74. The Morgan fingerprint density at radius 3 is 2.95 bits per heavy atom. The Balaban J connectivity index is 2.10. The summed E-state index contributed by atoms with van der Waals surface area (Å²) in [6, 6.07) is 0.754. The average Bonchev–Trinajstić information content (AvgIpc) is 3.07. The minimum Gasteiger partial charge on any atom is -0.462 e. The first-order valence-electron chi connectivity index (χ1n) is 6.32. The van der Waals surface area contributed by atoms with Crippen molar-refractivity contribution in [2.24, 2.45) is 12.8 Å². The van der Waals surface area contributed by atoms with E-state index in [9.17, 15) is 9.59 Å². The first kappa shape index (κ1) is 15.2. The van der Waals surface area contributed by atoms with Gasteiger partial charge in [0.15, 0.2) is 0 Å². The van der Waals surface area contributed by atoms with Crippen molar-refractivity contribution in [1.82, 2.24) is 9.78 Å². The fourth-order valence-electron chi connectivity index (χ4n) is 1.72. The van der Waals surface area contributed by atoms with Crippen LogP contribution in [0.1, 0.15) is 28.9 Å². The third-order valence-corrected chi connectivity index (χ3v) is 3.59. The number of esters is 1. The molecule has 2 rings (SSSR count). The minimum absolute atomic E-state index is 0.275. The second-order valence-electron chi connectivity index (χ2n) is 4.30. The Morgan fingerprint density at radius 2 is 2.33 bits per heavy atom. The second kappa shape index (κ2) is 6.51. The number of anilines is 1. The molecule has 112 valence electrons. The Bertz CT molecular complexity index is 649. The number of carbonyl (C=O) groups excluding carboxylic acids is 2. The van der Waals surface area contributed by atoms with Crippen LogP contribution >= 0.6 is 11.3 Å². The summed E-state index contributed by atoms with van der Waals surface area (Å²) in [5, 5.41) is 8.76. The van der Waals surface area contributed by atoms with Crippen molar-refractivity contribution in [3.63, 3.8) is 0 Å². The van der Waals surface area contributed by atoms with Gasteiger partial charge in [0, 0.05) is 18.8 Å². The zero-order chi connectivity index (χ0) is 15.4. The highest BCUT2D eigenvalue weighted by molar-refractivity contribution is 7.14. The number of thiophene rings is 1. The second-order valence-corrected chi connectivity index (χ2v) is 5.21. The van der Waals surface area contributed by atoms with E-state index in [1.54, 1.807) is 36.3 Å². The van der Waals surface area contributed by atoms with Crippen LogP contribution in [-0.4, -0.2) is 28.3 Å². The third-order valence-electron chi connectivity index (χ3n) is 2.76. The van der Waals surface area contributed by atoms with E-state index in [1.807, 2.05) is 0 Å². The van der Waals surface area contributed by atoms with E-state index in [4.69, 9.17) is 10.5 Å². The lowest BCUT2D eigenvalue weighted by Crippen LogP contribution is -2.27. The fourth-order valence-corrected chi connectivity index (χ4v) is 2.50. The smallest absolute Gasteiger partial charge is 0.341 e. The summed E-state index contributed by atoms with van der Waals surface area (Å²) >= 11 is 1.24. The number of aryl methyl sites for hydroxylation is 1. The molecule has 0 aliphatic heterocycles. The highest BCUT2D eigenvalue weighted by Crippen LogP contribution is 2.25. The highest BCUT2D eigenvalue weighted by Gasteiger charge is 2.21. The number of rotatable bonds is 5. The SMILES string of the molecule is CCOC(=O)c1ccsc1NC(=O)C(N)c1cnn(C)c1. The van der Waals surface area contributed by atoms with Gasteiger partial charge in [0.25, 0.3) is 0 Å². The Morgan fingerprint density at radius 1 is 1.57 bits per heavy atom. The van der Waals surface area contributed by atoms with Crippen molar-refractivity contribution in [3.8, 4) is 0 Å². The van der Waals surface area contributed by atoms with Crippen molar-refractivity contribution in [1.29, 1.82) is 0 Å². The summed E-state index contributed by atoms with van der Waals surface area (Å²) in [6.07, 6.45) is 3.20. The average molecular weight is 308 g/mol. The van der Waals surface area contributed by atoms with Crippen LogP contribution in [0.5, 0.6) is 0 Å². The fraction of sp³-hybridized carbons (Fsp3) is 0.308. The summed E-state index contributed by atoms with van der Waals surface area (Å²) in [5.41, 5.74) is 6.80. The molecule has 0 aliphatic rings. The van der Waals surface area contributed by atoms with E-state index in [-0.39, 0.29) is 6.61 Å². The summed E-state index contributed by atoms with van der Waals surface area (Å²) in [4.78, 5) is 23.9. The molecular formula is C13H16N4O3S. The zero-order valence-corrected chi connectivity index (χ0v) is 12.5. The normalized spacial score (nSPS) is 12.0. The molecule has 0 saturated carbocycles. The van der Waals surface area contributed by atoms with Crippen molar-refractivity contribution >= 4 is 28.2 Å². The standard InChI is InChI=1S/C13H16N4O3S/c1-3-20-13(19)9-4-5-21-12(9)16-11(18)10(14)8-6-15-17(2)7-8/h4-7,10H,3,14H2,1-2H3,(H,16,18). The lowest BCUT2D eigenvalue weighted by molar-refractivity contribution is -0.117. The molecule has 3 N–H and O–H groups in total. The van der Waals surface area contributed by atoms with Gasteiger partial charge in [-0.25, -0.2) is 4.79 Å². The van der Waals surface area contributed by atoms with E-state index >= 15 is 0 Å². The molecule has 21 heavy (non-hydrogen) atoms. The van der Waals surface area contributed by atoms with Crippen LogP contribution in [0.25, 0.3) is 0 Å². The molecule has 0 spiro atoms. The number of hydrogen-bond acceptors (Lipinski definition) is 6. The number of amides is 1. The number of hydrogen-bond donors (Lipinski definition) is 2. The Kier molecular flexibility index (Phi) is 4.71. The van der Waals surface area contributed by atoms with Gasteiger partial charge in [-0.2, -0.15) is 5.10 Å². The number of nitrogens with one attached hydrogen (secondary N) is 1. The summed E-state index contributed by atoms with van der Waals surface area (Å²) in [5.74, 6) is -0.875. The molecule has 2 aromatic rings. The van der Waals surface area contributed by atoms with E-state index in [0.29, 0.717) is 16.1 Å². The molecule has 1 unspecified atom stereocenters. The van der Waals surface area contributed by atoms with Gasteiger partial charge in [-0.15, -0.1) is 11.3 Å². The predicted octanol–water partition coefficient (Wildman–Crippen LogP) is 1.30. The van der Waals surface area contributed by atoms with Crippen molar-refractivity contribution in [2.45, 2.75) is 13.0 Å².